The number of para-hydroxylation sites is 1. The molecule has 1 rings (SSSR count). The summed E-state index contributed by atoms with van der Waals surface area (Å²) in [5.41, 5.74) is 0.805. The molecule has 0 saturated carbocycles. The van der Waals surface area contributed by atoms with Crippen LogP contribution in [0.2, 0.25) is 0 Å². The Morgan fingerprint density at radius 2 is 2.07 bits per heavy atom. The van der Waals surface area contributed by atoms with E-state index in [-0.39, 0.29) is 5.91 Å². The highest BCUT2D eigenvalue weighted by atomic mass is 16.2. The van der Waals surface area contributed by atoms with Crippen molar-refractivity contribution in [3.8, 4) is 0 Å². The van der Waals surface area contributed by atoms with E-state index in [1.165, 1.54) is 0 Å². The van der Waals surface area contributed by atoms with Crippen LogP contribution in [0.3, 0.4) is 0 Å². The highest BCUT2D eigenvalue weighted by Crippen LogP contribution is 2.09. The second-order valence-electron chi connectivity index (χ2n) is 3.44. The van der Waals surface area contributed by atoms with Crippen LogP contribution in [0.25, 0.3) is 0 Å². The van der Waals surface area contributed by atoms with Gasteiger partial charge in [-0.25, -0.2) is 0 Å². The molecule has 3 nitrogen and oxygen atoms in total. The molecule has 0 aromatic heterocycles. The number of likely N-dealkylation sites (N-methyl/N-ethyl adjacent to an activating group) is 2. The van der Waals surface area contributed by atoms with Crippen molar-refractivity contribution in [2.75, 3.05) is 32.6 Å². The molecule has 0 aliphatic heterocycles. The molecule has 0 atom stereocenters. The van der Waals surface area contributed by atoms with E-state index in [4.69, 9.17) is 0 Å². The molecule has 75 valence electrons. The maximum Gasteiger partial charge on any atom is 0.240 e. The second kappa shape index (κ2) is 4.77. The molecule has 0 spiro atoms. The Kier molecular flexibility index (Phi) is 3.65. The summed E-state index contributed by atoms with van der Waals surface area (Å²) >= 11 is 0. The van der Waals surface area contributed by atoms with Gasteiger partial charge in [0.15, 0.2) is 0 Å². The monoisotopic (exact) mass is 191 g/mol. The standard InChI is InChI=1S/C11H15N2O/c1-12(2)9-11(14)13(3)10-7-5-4-6-8-10/h4-7H,9H2,1-3H3. The van der Waals surface area contributed by atoms with E-state index < -0.39 is 0 Å². The van der Waals surface area contributed by atoms with Gasteiger partial charge in [0.25, 0.3) is 0 Å². The number of anilines is 1. The zero-order valence-electron chi connectivity index (χ0n) is 8.82. The minimum Gasteiger partial charge on any atom is -0.314 e. The molecule has 0 saturated heterocycles. The smallest absolute Gasteiger partial charge is 0.240 e. The second-order valence-corrected chi connectivity index (χ2v) is 3.44. The minimum absolute atomic E-state index is 0.0671. The van der Waals surface area contributed by atoms with Gasteiger partial charge in [0.2, 0.25) is 5.91 Å². The van der Waals surface area contributed by atoms with Gasteiger partial charge in [-0.3, -0.25) is 4.79 Å². The highest BCUT2D eigenvalue weighted by molar-refractivity contribution is 5.94. The van der Waals surface area contributed by atoms with Gasteiger partial charge in [0.05, 0.1) is 12.2 Å². The van der Waals surface area contributed by atoms with E-state index in [2.05, 4.69) is 6.07 Å². The Labute approximate surface area is 84.9 Å². The predicted octanol–water partition coefficient (Wildman–Crippen LogP) is 1.01. The van der Waals surface area contributed by atoms with Gasteiger partial charge in [-0.05, 0) is 20.2 Å². The van der Waals surface area contributed by atoms with Crippen LogP contribution in [0.1, 0.15) is 0 Å². The van der Waals surface area contributed by atoms with Crippen LogP contribution < -0.4 is 4.90 Å². The number of rotatable bonds is 3. The summed E-state index contributed by atoms with van der Waals surface area (Å²) in [6.07, 6.45) is 0. The Bertz CT molecular complexity index is 295. The molecule has 3 heteroatoms. The van der Waals surface area contributed by atoms with Gasteiger partial charge < -0.3 is 9.80 Å². The lowest BCUT2D eigenvalue weighted by atomic mass is 10.3. The first-order chi connectivity index (χ1) is 6.61. The molecule has 0 fully saturated rings. The lowest BCUT2D eigenvalue weighted by Crippen LogP contribution is -2.34. The Morgan fingerprint density at radius 3 is 2.57 bits per heavy atom. The van der Waals surface area contributed by atoms with E-state index in [1.54, 1.807) is 18.0 Å². The molecule has 0 aliphatic carbocycles. The third-order valence-corrected chi connectivity index (χ3v) is 1.88. The molecule has 1 aromatic rings. The lowest BCUT2D eigenvalue weighted by molar-refractivity contribution is -0.118. The normalized spacial score (nSPS) is 10.3. The van der Waals surface area contributed by atoms with Crippen molar-refractivity contribution < 1.29 is 4.79 Å². The number of carbonyl (C=O) groups excluding carboxylic acids is 1. The number of amides is 1. The first kappa shape index (κ1) is 10.7. The number of hydrogen-bond acceptors (Lipinski definition) is 2. The first-order valence-corrected chi connectivity index (χ1v) is 4.49. The number of benzene rings is 1. The molecule has 0 heterocycles. The van der Waals surface area contributed by atoms with Gasteiger partial charge in [0, 0.05) is 13.1 Å². The predicted molar refractivity (Wildman–Crippen MR) is 57.2 cm³/mol. The fourth-order valence-corrected chi connectivity index (χ4v) is 1.10. The first-order valence-electron chi connectivity index (χ1n) is 4.49. The van der Waals surface area contributed by atoms with Crippen molar-refractivity contribution in [1.82, 2.24) is 4.90 Å². The summed E-state index contributed by atoms with van der Waals surface area (Å²) in [5.74, 6) is 0.0671. The molecule has 0 unspecified atom stereocenters. The topological polar surface area (TPSA) is 23.6 Å². The van der Waals surface area contributed by atoms with E-state index in [9.17, 15) is 4.79 Å². The van der Waals surface area contributed by atoms with E-state index in [0.29, 0.717) is 6.54 Å². The summed E-state index contributed by atoms with van der Waals surface area (Å²) in [6.45, 7) is 0.416. The van der Waals surface area contributed by atoms with Crippen molar-refractivity contribution in [2.45, 2.75) is 0 Å². The third kappa shape index (κ3) is 2.85. The summed E-state index contributed by atoms with van der Waals surface area (Å²) in [4.78, 5) is 15.1. The summed E-state index contributed by atoms with van der Waals surface area (Å²) < 4.78 is 0. The largest absolute Gasteiger partial charge is 0.314 e. The SMILES string of the molecule is CN(C)CC(=O)N(C)c1[c]cccc1. The Balaban J connectivity index is 2.66. The van der Waals surface area contributed by atoms with Crippen LogP contribution >= 0.6 is 0 Å². The Hall–Kier alpha value is -1.35. The number of carbonyl (C=O) groups is 1. The molecule has 1 aromatic carbocycles. The van der Waals surface area contributed by atoms with Crippen LogP contribution in [-0.4, -0.2) is 38.5 Å². The van der Waals surface area contributed by atoms with Crippen LogP contribution in [0.15, 0.2) is 24.3 Å². The maximum absolute atomic E-state index is 11.6. The zero-order chi connectivity index (χ0) is 10.6. The minimum atomic E-state index is 0.0671. The van der Waals surface area contributed by atoms with Crippen LogP contribution in [0.4, 0.5) is 5.69 Å². The molecule has 1 amide bonds. The summed E-state index contributed by atoms with van der Waals surface area (Å²) in [6, 6.07) is 10.5. The van der Waals surface area contributed by atoms with E-state index >= 15 is 0 Å². The highest BCUT2D eigenvalue weighted by Gasteiger charge is 2.10. The van der Waals surface area contributed by atoms with Crippen LogP contribution in [0.5, 0.6) is 0 Å². The van der Waals surface area contributed by atoms with Crippen molar-refractivity contribution in [3.05, 3.63) is 30.3 Å². The van der Waals surface area contributed by atoms with Crippen LogP contribution in [-0.2, 0) is 4.79 Å². The molecular formula is C11H15N2O. The van der Waals surface area contributed by atoms with Crippen LogP contribution in [0, 0.1) is 6.07 Å². The van der Waals surface area contributed by atoms with E-state index in [1.807, 2.05) is 37.2 Å². The average Bonchev–Trinajstić information content (AvgIpc) is 2.17. The molecule has 14 heavy (non-hydrogen) atoms. The molecule has 1 radical (unpaired) electrons. The quantitative estimate of drug-likeness (QED) is 0.712. The summed E-state index contributed by atoms with van der Waals surface area (Å²) in [5, 5.41) is 0. The Morgan fingerprint density at radius 1 is 1.36 bits per heavy atom. The maximum atomic E-state index is 11.6. The van der Waals surface area contributed by atoms with Crippen molar-refractivity contribution in [3.63, 3.8) is 0 Å². The van der Waals surface area contributed by atoms with Gasteiger partial charge in [-0.15, -0.1) is 0 Å². The molecule has 0 aliphatic rings. The van der Waals surface area contributed by atoms with Gasteiger partial charge in [-0.2, -0.15) is 0 Å². The molecule has 0 N–H and O–H groups in total. The van der Waals surface area contributed by atoms with Crippen molar-refractivity contribution >= 4 is 11.6 Å². The summed E-state index contributed by atoms with van der Waals surface area (Å²) in [7, 11) is 5.51. The fourth-order valence-electron chi connectivity index (χ4n) is 1.10. The van der Waals surface area contributed by atoms with Crippen molar-refractivity contribution in [1.29, 1.82) is 0 Å². The van der Waals surface area contributed by atoms with Gasteiger partial charge in [-0.1, -0.05) is 18.2 Å². The number of hydrogen-bond donors (Lipinski definition) is 0. The lowest BCUT2D eigenvalue weighted by Gasteiger charge is -2.19. The number of nitrogens with zero attached hydrogens (tertiary/aromatic N) is 2. The van der Waals surface area contributed by atoms with Gasteiger partial charge >= 0.3 is 0 Å². The van der Waals surface area contributed by atoms with Crippen molar-refractivity contribution in [2.24, 2.45) is 0 Å². The third-order valence-electron chi connectivity index (χ3n) is 1.88. The fraction of sp³-hybridized carbons (Fsp3) is 0.364. The average molecular weight is 191 g/mol. The zero-order valence-corrected chi connectivity index (χ0v) is 8.82. The van der Waals surface area contributed by atoms with E-state index in [0.717, 1.165) is 5.69 Å². The molecular weight excluding hydrogens is 176 g/mol. The van der Waals surface area contributed by atoms with Gasteiger partial charge in [0.1, 0.15) is 0 Å². The molecule has 0 bridgehead atoms.